The predicted molar refractivity (Wildman–Crippen MR) is 266 cm³/mol. The van der Waals surface area contributed by atoms with E-state index >= 15 is 0 Å². The number of phosphoric acid groups is 1. The van der Waals surface area contributed by atoms with Crippen LogP contribution in [0.2, 0.25) is 0 Å². The van der Waals surface area contributed by atoms with Crippen molar-refractivity contribution in [3.05, 3.63) is 36.5 Å². The molecule has 3 N–H and O–H groups in total. The summed E-state index contributed by atoms with van der Waals surface area (Å²) >= 11 is 0. The Hall–Kier alpha value is -1.77. The summed E-state index contributed by atoms with van der Waals surface area (Å²) in [6.45, 7) is 3.56. The maximum Gasteiger partial charge on any atom is 0.472 e. The lowest BCUT2D eigenvalue weighted by atomic mass is 10.0. The molecule has 9 nitrogen and oxygen atoms in total. The molecule has 63 heavy (non-hydrogen) atoms. The van der Waals surface area contributed by atoms with Crippen molar-refractivity contribution in [1.29, 1.82) is 0 Å². The summed E-state index contributed by atoms with van der Waals surface area (Å²) in [6, 6.07) is 0. The first-order valence-corrected chi connectivity index (χ1v) is 28.0. The number of esters is 1. The van der Waals surface area contributed by atoms with Gasteiger partial charge in [0.2, 0.25) is 5.91 Å². The highest BCUT2D eigenvalue weighted by Crippen LogP contribution is 2.42. The molecule has 0 bridgehead atoms. The van der Waals surface area contributed by atoms with Gasteiger partial charge >= 0.3 is 13.8 Å². The van der Waals surface area contributed by atoms with E-state index in [-0.39, 0.29) is 32.1 Å². The number of ether oxygens (including phenoxy) is 1. The number of carbonyl (C=O) groups is 2. The van der Waals surface area contributed by atoms with Crippen LogP contribution in [0.3, 0.4) is 0 Å². The van der Waals surface area contributed by atoms with Gasteiger partial charge < -0.3 is 20.1 Å². The number of nitrogens with one attached hydrogen (secondary N) is 1. The van der Waals surface area contributed by atoms with Crippen LogP contribution in [0.1, 0.15) is 258 Å². The molecule has 2 unspecified atom stereocenters. The van der Waals surface area contributed by atoms with Gasteiger partial charge in [0.25, 0.3) is 0 Å². The first-order valence-electron chi connectivity index (χ1n) is 26.5. The number of phosphoric ester groups is 1. The van der Waals surface area contributed by atoms with Crippen molar-refractivity contribution >= 4 is 19.7 Å². The Labute approximate surface area is 388 Å². The molecule has 0 aliphatic heterocycles. The van der Waals surface area contributed by atoms with E-state index < -0.39 is 26.5 Å². The summed E-state index contributed by atoms with van der Waals surface area (Å²) in [4.78, 5) is 34.1. The van der Waals surface area contributed by atoms with Gasteiger partial charge in [-0.3, -0.25) is 18.6 Å². The van der Waals surface area contributed by atoms with Gasteiger partial charge in [-0.2, -0.15) is 0 Å². The van der Waals surface area contributed by atoms with Crippen molar-refractivity contribution in [1.82, 2.24) is 5.32 Å². The molecular formula is C53H100NO8P. The fourth-order valence-corrected chi connectivity index (χ4v) is 8.32. The fraction of sp³-hybridized carbons (Fsp3) is 0.849. The molecule has 0 aromatic carbocycles. The summed E-state index contributed by atoms with van der Waals surface area (Å²) in [7, 11) is -4.42. The van der Waals surface area contributed by atoms with Crippen molar-refractivity contribution in [3.63, 3.8) is 0 Å². The Morgan fingerprint density at radius 1 is 0.492 bits per heavy atom. The van der Waals surface area contributed by atoms with Gasteiger partial charge in [0.1, 0.15) is 12.7 Å². The Balaban J connectivity index is 3.54. The van der Waals surface area contributed by atoms with Gasteiger partial charge in [0.05, 0.1) is 13.2 Å². The summed E-state index contributed by atoms with van der Waals surface area (Å²) in [5.74, 6) is -0.514. The van der Waals surface area contributed by atoms with E-state index in [2.05, 4.69) is 55.6 Å². The molecule has 1 amide bonds. The van der Waals surface area contributed by atoms with Crippen LogP contribution in [-0.2, 0) is 27.9 Å². The summed E-state index contributed by atoms with van der Waals surface area (Å²) < 4.78 is 27.0. The molecule has 0 rings (SSSR count). The van der Waals surface area contributed by atoms with Gasteiger partial charge in [-0.05, 0) is 51.4 Å². The molecule has 0 aromatic rings. The van der Waals surface area contributed by atoms with Crippen molar-refractivity contribution in [2.75, 3.05) is 26.4 Å². The van der Waals surface area contributed by atoms with E-state index in [4.69, 9.17) is 13.8 Å². The van der Waals surface area contributed by atoms with Crippen molar-refractivity contribution in [2.45, 2.75) is 264 Å². The number of allylic oxidation sites excluding steroid dienone is 6. The van der Waals surface area contributed by atoms with Crippen LogP contribution in [0.5, 0.6) is 0 Å². The monoisotopic (exact) mass is 910 g/mol. The predicted octanol–water partition coefficient (Wildman–Crippen LogP) is 15.7. The quantitative estimate of drug-likeness (QED) is 0.0238. The smallest absolute Gasteiger partial charge is 0.463 e. The van der Waals surface area contributed by atoms with E-state index in [1.54, 1.807) is 0 Å². The first kappa shape index (κ1) is 61.2. The molecule has 0 radical (unpaired) electrons. The highest BCUT2D eigenvalue weighted by molar-refractivity contribution is 7.47. The van der Waals surface area contributed by atoms with Gasteiger partial charge in [0.15, 0.2) is 0 Å². The van der Waals surface area contributed by atoms with E-state index in [9.17, 15) is 24.2 Å². The zero-order valence-electron chi connectivity index (χ0n) is 41.0. The molecule has 0 aliphatic carbocycles. The van der Waals surface area contributed by atoms with E-state index in [1.165, 1.54) is 173 Å². The highest BCUT2D eigenvalue weighted by atomic mass is 31.2. The molecule has 0 saturated carbocycles. The minimum atomic E-state index is -4.42. The third kappa shape index (κ3) is 51.1. The zero-order chi connectivity index (χ0) is 46.0. The van der Waals surface area contributed by atoms with Gasteiger partial charge in [-0.25, -0.2) is 4.57 Å². The average molecular weight is 910 g/mol. The lowest BCUT2D eigenvalue weighted by Gasteiger charge is -2.15. The van der Waals surface area contributed by atoms with E-state index in [0.29, 0.717) is 6.42 Å². The minimum absolute atomic E-state index is 0.0786. The summed E-state index contributed by atoms with van der Waals surface area (Å²) in [5.41, 5.74) is 0. The molecule has 0 aliphatic rings. The second-order valence-electron chi connectivity index (χ2n) is 17.9. The fourth-order valence-electron chi connectivity index (χ4n) is 7.57. The number of unbranched alkanes of at least 4 members (excludes halogenated alkanes) is 31. The number of rotatable bonds is 50. The number of amides is 1. The Kier molecular flexibility index (Phi) is 48.3. The molecule has 370 valence electrons. The second-order valence-corrected chi connectivity index (χ2v) is 19.3. The van der Waals surface area contributed by atoms with Crippen LogP contribution in [0, 0.1) is 0 Å². The van der Waals surface area contributed by atoms with Crippen molar-refractivity contribution in [3.8, 4) is 0 Å². The standard InChI is InChI=1S/C53H100NO8P/c1-3-5-7-9-11-13-15-17-19-21-23-25-27-29-31-33-35-37-39-41-43-45-52(56)54-47-48-61-63(58,59)62-50-51(55)49-60-53(57)46-44-42-40-38-36-34-32-30-28-26-24-22-20-18-16-14-12-10-8-6-4-2/h11,13,17,19,23,25,51,55H,3-10,12,14-16,18,20-22,24,26-50H2,1-2H3,(H,54,56)(H,58,59)/b13-11-,19-17-,25-23-. The third-order valence-electron chi connectivity index (χ3n) is 11.6. The zero-order valence-corrected chi connectivity index (χ0v) is 41.9. The molecule has 0 heterocycles. The molecule has 10 heteroatoms. The Morgan fingerprint density at radius 2 is 0.857 bits per heavy atom. The topological polar surface area (TPSA) is 131 Å². The minimum Gasteiger partial charge on any atom is -0.463 e. The lowest BCUT2D eigenvalue weighted by molar-refractivity contribution is -0.147. The van der Waals surface area contributed by atoms with Gasteiger partial charge in [0, 0.05) is 19.4 Å². The summed E-state index contributed by atoms with van der Waals surface area (Å²) in [6.07, 6.45) is 58.0. The van der Waals surface area contributed by atoms with Crippen LogP contribution in [-0.4, -0.2) is 54.3 Å². The third-order valence-corrected chi connectivity index (χ3v) is 12.6. The number of hydrogen-bond donors (Lipinski definition) is 3. The Morgan fingerprint density at radius 3 is 1.32 bits per heavy atom. The summed E-state index contributed by atoms with van der Waals surface area (Å²) in [5, 5.41) is 12.8. The highest BCUT2D eigenvalue weighted by Gasteiger charge is 2.23. The first-order chi connectivity index (χ1) is 30.8. The van der Waals surface area contributed by atoms with Crippen LogP contribution >= 0.6 is 7.82 Å². The number of aliphatic hydroxyl groups is 1. The number of hydrogen-bond acceptors (Lipinski definition) is 7. The van der Waals surface area contributed by atoms with E-state index in [0.717, 1.165) is 57.8 Å². The van der Waals surface area contributed by atoms with Crippen molar-refractivity contribution < 1.29 is 37.9 Å². The maximum atomic E-state index is 12.2. The molecule has 0 spiro atoms. The van der Waals surface area contributed by atoms with Crippen LogP contribution in [0.15, 0.2) is 36.5 Å². The van der Waals surface area contributed by atoms with E-state index in [1.807, 2.05) is 0 Å². The maximum absolute atomic E-state index is 12.2. The molecule has 2 atom stereocenters. The van der Waals surface area contributed by atoms with Gasteiger partial charge in [-0.15, -0.1) is 0 Å². The number of carbonyl (C=O) groups excluding carboxylic acids is 2. The second kappa shape index (κ2) is 49.7. The Bertz CT molecular complexity index is 1130. The number of aliphatic hydroxyl groups excluding tert-OH is 1. The largest absolute Gasteiger partial charge is 0.472 e. The van der Waals surface area contributed by atoms with Crippen LogP contribution < -0.4 is 5.32 Å². The average Bonchev–Trinajstić information content (AvgIpc) is 3.27. The molecule has 0 saturated heterocycles. The van der Waals surface area contributed by atoms with Crippen molar-refractivity contribution in [2.24, 2.45) is 0 Å². The molecule has 0 fully saturated rings. The molecular weight excluding hydrogens is 810 g/mol. The SMILES string of the molecule is CCCCC/C=C\C/C=C\C/C=C\CCCCCCCCCCC(=O)NCCOP(=O)(O)OCC(O)COC(=O)CCCCCCCCCCCCCCCCCCCCCCC. The van der Waals surface area contributed by atoms with Gasteiger partial charge in [-0.1, -0.05) is 230 Å². The lowest BCUT2D eigenvalue weighted by Crippen LogP contribution is -2.27. The normalized spacial score (nSPS) is 13.4. The van der Waals surface area contributed by atoms with Crippen LogP contribution in [0.25, 0.3) is 0 Å². The molecule has 0 aromatic heterocycles. The van der Waals surface area contributed by atoms with Crippen LogP contribution in [0.4, 0.5) is 0 Å².